The minimum atomic E-state index is -0.0887. The third-order valence-corrected chi connectivity index (χ3v) is 4.48. The van der Waals surface area contributed by atoms with E-state index in [2.05, 4.69) is 10.3 Å². The Morgan fingerprint density at radius 1 is 1.08 bits per heavy atom. The summed E-state index contributed by atoms with van der Waals surface area (Å²) in [6.45, 7) is 0. The van der Waals surface area contributed by atoms with Gasteiger partial charge in [0.15, 0.2) is 11.5 Å². The van der Waals surface area contributed by atoms with Crippen molar-refractivity contribution in [2.24, 2.45) is 0 Å². The average Bonchev–Trinajstić information content (AvgIpc) is 3.17. The number of thiazole rings is 1. The van der Waals surface area contributed by atoms with Crippen LogP contribution in [0.1, 0.15) is 5.56 Å². The van der Waals surface area contributed by atoms with Gasteiger partial charge in [-0.1, -0.05) is 6.07 Å². The smallest absolute Gasteiger partial charge is 0.228 e. The monoisotopic (exact) mass is 354 g/mol. The molecular weight excluding hydrogens is 336 g/mol. The highest BCUT2D eigenvalue weighted by Gasteiger charge is 2.09. The SMILES string of the molecule is COc1ccc(CC(=O)Nc2ccc(-c3nccs3)cc2)cc1OC. The first-order valence-electron chi connectivity index (χ1n) is 7.70. The standard InChI is InChI=1S/C19H18N2O3S/c1-23-16-8-3-13(11-17(16)24-2)12-18(22)21-15-6-4-14(5-7-15)19-20-9-10-25-19/h3-11H,12H2,1-2H3,(H,21,22). The summed E-state index contributed by atoms with van der Waals surface area (Å²) in [6.07, 6.45) is 2.04. The summed E-state index contributed by atoms with van der Waals surface area (Å²) < 4.78 is 10.5. The van der Waals surface area contributed by atoms with Crippen LogP contribution in [0.4, 0.5) is 5.69 Å². The fourth-order valence-corrected chi connectivity index (χ4v) is 3.09. The van der Waals surface area contributed by atoms with E-state index in [1.54, 1.807) is 37.8 Å². The van der Waals surface area contributed by atoms with Gasteiger partial charge in [0, 0.05) is 22.8 Å². The van der Waals surface area contributed by atoms with Crippen LogP contribution in [0.25, 0.3) is 10.6 Å². The lowest BCUT2D eigenvalue weighted by Crippen LogP contribution is -2.14. The molecule has 3 rings (SSSR count). The van der Waals surface area contributed by atoms with Crippen LogP contribution in [-0.2, 0) is 11.2 Å². The van der Waals surface area contributed by atoms with Crippen LogP contribution in [0.2, 0.25) is 0 Å². The van der Waals surface area contributed by atoms with Crippen LogP contribution in [-0.4, -0.2) is 25.1 Å². The molecule has 1 N–H and O–H groups in total. The van der Waals surface area contributed by atoms with Gasteiger partial charge in [0.1, 0.15) is 5.01 Å². The van der Waals surface area contributed by atoms with Gasteiger partial charge in [0.2, 0.25) is 5.91 Å². The van der Waals surface area contributed by atoms with Gasteiger partial charge in [0.25, 0.3) is 0 Å². The summed E-state index contributed by atoms with van der Waals surface area (Å²) in [7, 11) is 3.16. The number of methoxy groups -OCH3 is 2. The quantitative estimate of drug-likeness (QED) is 0.727. The van der Waals surface area contributed by atoms with E-state index in [1.165, 1.54) is 0 Å². The first kappa shape index (κ1) is 17.0. The van der Waals surface area contributed by atoms with Crippen LogP contribution < -0.4 is 14.8 Å². The summed E-state index contributed by atoms with van der Waals surface area (Å²) in [4.78, 5) is 16.5. The number of carbonyl (C=O) groups is 1. The number of amides is 1. The fraction of sp³-hybridized carbons (Fsp3) is 0.158. The molecule has 0 unspecified atom stereocenters. The van der Waals surface area contributed by atoms with Crippen LogP contribution >= 0.6 is 11.3 Å². The molecule has 0 radical (unpaired) electrons. The van der Waals surface area contributed by atoms with Crippen molar-refractivity contribution in [3.63, 3.8) is 0 Å². The minimum Gasteiger partial charge on any atom is -0.493 e. The van der Waals surface area contributed by atoms with E-state index in [1.807, 2.05) is 41.8 Å². The van der Waals surface area contributed by atoms with Crippen molar-refractivity contribution in [3.8, 4) is 22.1 Å². The molecule has 0 bridgehead atoms. The van der Waals surface area contributed by atoms with Gasteiger partial charge in [-0.15, -0.1) is 11.3 Å². The summed E-state index contributed by atoms with van der Waals surface area (Å²) >= 11 is 1.58. The highest BCUT2D eigenvalue weighted by molar-refractivity contribution is 7.13. The van der Waals surface area contributed by atoms with E-state index in [-0.39, 0.29) is 12.3 Å². The van der Waals surface area contributed by atoms with Crippen molar-refractivity contribution in [2.75, 3.05) is 19.5 Å². The lowest BCUT2D eigenvalue weighted by molar-refractivity contribution is -0.115. The topological polar surface area (TPSA) is 60.5 Å². The third kappa shape index (κ3) is 4.16. The summed E-state index contributed by atoms with van der Waals surface area (Å²) in [5, 5.41) is 5.80. The first-order chi connectivity index (χ1) is 12.2. The molecule has 0 aliphatic rings. The second-order valence-corrected chi connectivity index (χ2v) is 6.22. The van der Waals surface area contributed by atoms with Crippen LogP contribution in [0.15, 0.2) is 54.0 Å². The Bertz CT molecular complexity index is 846. The molecule has 0 fully saturated rings. The number of aromatic nitrogens is 1. The molecule has 1 amide bonds. The largest absolute Gasteiger partial charge is 0.493 e. The Morgan fingerprint density at radius 2 is 1.84 bits per heavy atom. The average molecular weight is 354 g/mol. The van der Waals surface area contributed by atoms with Gasteiger partial charge in [-0.2, -0.15) is 0 Å². The summed E-state index contributed by atoms with van der Waals surface area (Å²) in [6, 6.07) is 13.1. The van der Waals surface area contributed by atoms with E-state index in [0.717, 1.165) is 21.8 Å². The molecular formula is C19H18N2O3S. The molecule has 128 valence electrons. The van der Waals surface area contributed by atoms with Crippen molar-refractivity contribution in [3.05, 3.63) is 59.6 Å². The zero-order valence-electron chi connectivity index (χ0n) is 14.0. The molecule has 1 heterocycles. The van der Waals surface area contributed by atoms with Gasteiger partial charge in [-0.25, -0.2) is 4.98 Å². The van der Waals surface area contributed by atoms with Gasteiger partial charge in [0.05, 0.1) is 20.6 Å². The maximum absolute atomic E-state index is 12.3. The van der Waals surface area contributed by atoms with Gasteiger partial charge in [-0.3, -0.25) is 4.79 Å². The number of hydrogen-bond donors (Lipinski definition) is 1. The molecule has 5 nitrogen and oxygen atoms in total. The molecule has 0 saturated carbocycles. The molecule has 0 aliphatic carbocycles. The highest BCUT2D eigenvalue weighted by atomic mass is 32.1. The summed E-state index contributed by atoms with van der Waals surface area (Å²) in [5.74, 6) is 1.17. The van der Waals surface area contributed by atoms with E-state index in [9.17, 15) is 4.79 Å². The van der Waals surface area contributed by atoms with Crippen molar-refractivity contribution in [1.82, 2.24) is 4.98 Å². The minimum absolute atomic E-state index is 0.0887. The number of rotatable bonds is 6. The predicted molar refractivity (Wildman–Crippen MR) is 99.4 cm³/mol. The molecule has 3 aromatic rings. The van der Waals surface area contributed by atoms with Crippen molar-refractivity contribution in [1.29, 1.82) is 0 Å². The van der Waals surface area contributed by atoms with Crippen molar-refractivity contribution < 1.29 is 14.3 Å². The van der Waals surface area contributed by atoms with E-state index < -0.39 is 0 Å². The lowest BCUT2D eigenvalue weighted by Gasteiger charge is -2.10. The second-order valence-electron chi connectivity index (χ2n) is 5.33. The number of ether oxygens (including phenoxy) is 2. The summed E-state index contributed by atoms with van der Waals surface area (Å²) in [5.41, 5.74) is 2.65. The van der Waals surface area contributed by atoms with Crippen molar-refractivity contribution in [2.45, 2.75) is 6.42 Å². The molecule has 0 aliphatic heterocycles. The number of anilines is 1. The Morgan fingerprint density at radius 3 is 2.48 bits per heavy atom. The predicted octanol–water partition coefficient (Wildman–Crippen LogP) is 4.01. The normalized spacial score (nSPS) is 10.3. The Hall–Kier alpha value is -2.86. The fourth-order valence-electron chi connectivity index (χ4n) is 2.44. The van der Waals surface area contributed by atoms with Gasteiger partial charge >= 0.3 is 0 Å². The van der Waals surface area contributed by atoms with E-state index in [4.69, 9.17) is 9.47 Å². The van der Waals surface area contributed by atoms with Crippen LogP contribution in [0, 0.1) is 0 Å². The molecule has 6 heteroatoms. The molecule has 1 aromatic heterocycles. The Balaban J connectivity index is 1.64. The number of nitrogens with zero attached hydrogens (tertiary/aromatic N) is 1. The number of carbonyl (C=O) groups excluding carboxylic acids is 1. The van der Waals surface area contributed by atoms with Crippen LogP contribution in [0.5, 0.6) is 11.5 Å². The zero-order valence-corrected chi connectivity index (χ0v) is 14.8. The maximum Gasteiger partial charge on any atom is 0.228 e. The number of hydrogen-bond acceptors (Lipinski definition) is 5. The van der Waals surface area contributed by atoms with Gasteiger partial charge in [-0.05, 0) is 42.0 Å². The molecule has 25 heavy (non-hydrogen) atoms. The Labute approximate surface area is 150 Å². The number of benzene rings is 2. The van der Waals surface area contributed by atoms with Gasteiger partial charge < -0.3 is 14.8 Å². The molecule has 2 aromatic carbocycles. The van der Waals surface area contributed by atoms with Crippen LogP contribution in [0.3, 0.4) is 0 Å². The number of nitrogens with one attached hydrogen (secondary N) is 1. The molecule has 0 atom stereocenters. The van der Waals surface area contributed by atoms with E-state index in [0.29, 0.717) is 11.5 Å². The zero-order chi connectivity index (χ0) is 17.6. The lowest BCUT2D eigenvalue weighted by atomic mass is 10.1. The Kier molecular flexibility index (Phi) is 5.30. The van der Waals surface area contributed by atoms with Crippen molar-refractivity contribution >= 4 is 22.9 Å². The maximum atomic E-state index is 12.3. The molecule has 0 saturated heterocycles. The molecule has 0 spiro atoms. The van der Waals surface area contributed by atoms with E-state index >= 15 is 0 Å². The highest BCUT2D eigenvalue weighted by Crippen LogP contribution is 2.28. The second kappa shape index (κ2) is 7.81. The first-order valence-corrected chi connectivity index (χ1v) is 8.58. The third-order valence-electron chi connectivity index (χ3n) is 3.66.